The van der Waals surface area contributed by atoms with Gasteiger partial charge >= 0.3 is 0 Å². The van der Waals surface area contributed by atoms with Crippen LogP contribution in [0.2, 0.25) is 0 Å². The smallest absolute Gasteiger partial charge is 0.222 e. The van der Waals surface area contributed by atoms with E-state index in [0.29, 0.717) is 4.90 Å². The number of nitrogens with zero attached hydrogens (tertiary/aromatic N) is 1. The van der Waals surface area contributed by atoms with Gasteiger partial charge in [0.1, 0.15) is 0 Å². The second-order valence-corrected chi connectivity index (χ2v) is 0.763. The van der Waals surface area contributed by atoms with Crippen LogP contribution in [-0.4, -0.2) is 24.1 Å². The molecule has 0 bridgehead atoms. The third-order valence-electron chi connectivity index (χ3n) is 0.365. The Morgan fingerprint density at radius 2 is 1.14 bits per heavy atom. The van der Waals surface area contributed by atoms with E-state index in [1.807, 2.05) is 0 Å². The second kappa shape index (κ2) is 3.02. The van der Waals surface area contributed by atoms with Gasteiger partial charge in [-0.2, -0.15) is 0 Å². The number of carbonyl (C=O) groups excluding carboxylic acids is 3. The molecule has 0 aliphatic carbocycles. The van der Waals surface area contributed by atoms with Crippen molar-refractivity contribution in [2.45, 2.75) is 0 Å². The van der Waals surface area contributed by atoms with Crippen molar-refractivity contribution in [1.82, 2.24) is 4.90 Å². The summed E-state index contributed by atoms with van der Waals surface area (Å²) < 4.78 is 0. The SMILES string of the molecule is O=CN(C=O)C=O. The number of amides is 3. The van der Waals surface area contributed by atoms with Crippen LogP contribution >= 0.6 is 0 Å². The van der Waals surface area contributed by atoms with Gasteiger partial charge in [-0.25, -0.2) is 4.90 Å². The average molecular weight is 101 g/mol. The van der Waals surface area contributed by atoms with Gasteiger partial charge in [0.05, 0.1) is 0 Å². The Hall–Kier alpha value is -1.19. The number of hydrogen-bond acceptors (Lipinski definition) is 3. The molecule has 0 unspecified atom stereocenters. The third-order valence-corrected chi connectivity index (χ3v) is 0.365. The Bertz CT molecular complexity index is 71.2. The van der Waals surface area contributed by atoms with Gasteiger partial charge in [0, 0.05) is 0 Å². The van der Waals surface area contributed by atoms with Gasteiger partial charge in [-0.1, -0.05) is 0 Å². The molecule has 0 radical (unpaired) electrons. The fourth-order valence-corrected chi connectivity index (χ4v) is 0.0745. The summed E-state index contributed by atoms with van der Waals surface area (Å²) >= 11 is 0. The van der Waals surface area contributed by atoms with Crippen LogP contribution in [0.3, 0.4) is 0 Å². The van der Waals surface area contributed by atoms with Crippen LogP contribution in [0.25, 0.3) is 0 Å². The zero-order chi connectivity index (χ0) is 5.70. The van der Waals surface area contributed by atoms with Crippen molar-refractivity contribution >= 4 is 19.2 Å². The predicted octanol–water partition coefficient (Wildman–Crippen LogP) is -1.24. The minimum absolute atomic E-state index is 0.125. The first-order valence-corrected chi connectivity index (χ1v) is 1.48. The largest absolute Gasteiger partial charge is 0.278 e. The van der Waals surface area contributed by atoms with Crippen molar-refractivity contribution in [2.24, 2.45) is 0 Å². The lowest BCUT2D eigenvalue weighted by Crippen LogP contribution is -2.16. The fraction of sp³-hybridized carbons (Fsp3) is 0. The van der Waals surface area contributed by atoms with Gasteiger partial charge in [-0.3, -0.25) is 14.4 Å². The highest BCUT2D eigenvalue weighted by Gasteiger charge is 1.88. The summed E-state index contributed by atoms with van der Waals surface area (Å²) in [7, 11) is 0. The molecule has 0 aromatic carbocycles. The molecule has 4 heteroatoms. The summed E-state index contributed by atoms with van der Waals surface area (Å²) in [5.74, 6) is 0. The van der Waals surface area contributed by atoms with E-state index in [-0.39, 0.29) is 19.2 Å². The van der Waals surface area contributed by atoms with E-state index in [1.54, 1.807) is 0 Å². The molecule has 0 fully saturated rings. The maximum atomic E-state index is 9.43. The molecular weight excluding hydrogens is 98.0 g/mol. The molecule has 0 aliphatic rings. The van der Waals surface area contributed by atoms with E-state index >= 15 is 0 Å². The molecular formula is C3H3NO3. The van der Waals surface area contributed by atoms with Crippen LogP contribution in [0.5, 0.6) is 0 Å². The Balaban J connectivity index is 3.57. The Morgan fingerprint density at radius 1 is 0.857 bits per heavy atom. The van der Waals surface area contributed by atoms with Crippen LogP contribution in [0, 0.1) is 0 Å². The minimum atomic E-state index is 0.125. The van der Waals surface area contributed by atoms with Crippen LogP contribution < -0.4 is 0 Å². The van der Waals surface area contributed by atoms with Crippen molar-refractivity contribution < 1.29 is 14.4 Å². The number of imide groups is 3. The molecule has 4 nitrogen and oxygen atoms in total. The van der Waals surface area contributed by atoms with Crippen LogP contribution in [0.1, 0.15) is 0 Å². The normalized spacial score (nSPS) is 6.86. The van der Waals surface area contributed by atoms with Crippen LogP contribution in [-0.2, 0) is 14.4 Å². The lowest BCUT2D eigenvalue weighted by atomic mass is 10.9. The third kappa shape index (κ3) is 1.64. The van der Waals surface area contributed by atoms with E-state index in [9.17, 15) is 14.4 Å². The van der Waals surface area contributed by atoms with Gasteiger partial charge < -0.3 is 0 Å². The van der Waals surface area contributed by atoms with Gasteiger partial charge in [-0.15, -0.1) is 0 Å². The van der Waals surface area contributed by atoms with E-state index in [4.69, 9.17) is 0 Å². The number of carbonyl (C=O) groups is 3. The summed E-state index contributed by atoms with van der Waals surface area (Å²) in [5, 5.41) is 0. The Morgan fingerprint density at radius 3 is 1.14 bits per heavy atom. The van der Waals surface area contributed by atoms with Crippen molar-refractivity contribution in [3.05, 3.63) is 0 Å². The van der Waals surface area contributed by atoms with Crippen molar-refractivity contribution in [1.29, 1.82) is 0 Å². The molecule has 0 heterocycles. The molecule has 0 saturated heterocycles. The first-order valence-electron chi connectivity index (χ1n) is 1.48. The van der Waals surface area contributed by atoms with E-state index in [1.165, 1.54) is 0 Å². The second-order valence-electron chi connectivity index (χ2n) is 0.763. The van der Waals surface area contributed by atoms with Gasteiger partial charge in [0.15, 0.2) is 0 Å². The lowest BCUT2D eigenvalue weighted by Gasteiger charge is -1.89. The van der Waals surface area contributed by atoms with E-state index < -0.39 is 0 Å². The lowest BCUT2D eigenvalue weighted by molar-refractivity contribution is -0.136. The molecule has 38 valence electrons. The van der Waals surface area contributed by atoms with Gasteiger partial charge in [-0.05, 0) is 0 Å². The first kappa shape index (κ1) is 5.81. The zero-order valence-corrected chi connectivity index (χ0v) is 3.40. The Labute approximate surface area is 39.7 Å². The molecule has 7 heavy (non-hydrogen) atoms. The van der Waals surface area contributed by atoms with Gasteiger partial charge in [0.25, 0.3) is 0 Å². The van der Waals surface area contributed by atoms with Gasteiger partial charge in [0.2, 0.25) is 19.2 Å². The van der Waals surface area contributed by atoms with E-state index in [0.717, 1.165) is 0 Å². The number of rotatable bonds is 3. The molecule has 0 aliphatic heterocycles. The summed E-state index contributed by atoms with van der Waals surface area (Å²) in [6.45, 7) is 0. The fourth-order valence-electron chi connectivity index (χ4n) is 0.0745. The van der Waals surface area contributed by atoms with Crippen molar-refractivity contribution in [2.75, 3.05) is 0 Å². The highest BCUT2D eigenvalue weighted by Crippen LogP contribution is 1.59. The van der Waals surface area contributed by atoms with Crippen LogP contribution in [0.15, 0.2) is 0 Å². The molecule has 0 atom stereocenters. The van der Waals surface area contributed by atoms with Crippen molar-refractivity contribution in [3.63, 3.8) is 0 Å². The molecule has 0 spiro atoms. The van der Waals surface area contributed by atoms with Crippen molar-refractivity contribution in [3.8, 4) is 0 Å². The molecule has 0 saturated carbocycles. The van der Waals surface area contributed by atoms with E-state index in [2.05, 4.69) is 0 Å². The molecule has 0 N–H and O–H groups in total. The summed E-state index contributed by atoms with van der Waals surface area (Å²) in [6.07, 6.45) is 0.375. The molecule has 0 aromatic rings. The summed E-state index contributed by atoms with van der Waals surface area (Å²) in [5.41, 5.74) is 0. The highest BCUT2D eigenvalue weighted by molar-refractivity contribution is 5.84. The first-order chi connectivity index (χ1) is 3.35. The molecule has 0 aromatic heterocycles. The average Bonchev–Trinajstić information content (AvgIpc) is 1.72. The predicted molar refractivity (Wildman–Crippen MR) is 20.0 cm³/mol. The topological polar surface area (TPSA) is 54.5 Å². The summed E-state index contributed by atoms with van der Waals surface area (Å²) in [6, 6.07) is 0. The number of hydrogen-bond donors (Lipinski definition) is 0. The maximum Gasteiger partial charge on any atom is 0.222 e. The molecule has 0 rings (SSSR count). The van der Waals surface area contributed by atoms with Crippen LogP contribution in [0.4, 0.5) is 0 Å². The minimum Gasteiger partial charge on any atom is -0.278 e. The zero-order valence-electron chi connectivity index (χ0n) is 3.40. The quantitative estimate of drug-likeness (QED) is 0.418. The Kier molecular flexibility index (Phi) is 2.50. The molecule has 3 amide bonds. The summed E-state index contributed by atoms with van der Waals surface area (Å²) in [4.78, 5) is 28.6. The maximum absolute atomic E-state index is 9.43. The monoisotopic (exact) mass is 101 g/mol. The standard InChI is InChI=1S/C3H3NO3/c5-1-4(2-6)3-7/h1-3H. The highest BCUT2D eigenvalue weighted by atomic mass is 16.2.